The van der Waals surface area contributed by atoms with E-state index >= 15 is 0 Å². The Kier molecular flexibility index (Phi) is 5.24. The van der Waals surface area contributed by atoms with Crippen molar-refractivity contribution in [1.29, 1.82) is 0 Å². The topological polar surface area (TPSA) is 76.8 Å². The molecule has 0 N–H and O–H groups in total. The zero-order valence-electron chi connectivity index (χ0n) is 16.3. The first-order valence-corrected chi connectivity index (χ1v) is 10.4. The molecule has 1 unspecified atom stereocenters. The van der Waals surface area contributed by atoms with Crippen molar-refractivity contribution in [3.63, 3.8) is 0 Å². The molecule has 29 heavy (non-hydrogen) atoms. The number of nitrogens with zero attached hydrogens (tertiary/aromatic N) is 1. The fourth-order valence-electron chi connectivity index (χ4n) is 3.64. The van der Waals surface area contributed by atoms with Gasteiger partial charge in [-0.1, -0.05) is 6.07 Å². The first-order chi connectivity index (χ1) is 13.9. The molecule has 1 atom stereocenters. The number of aryl methyl sites for hydroxylation is 2. The van der Waals surface area contributed by atoms with Gasteiger partial charge in [0.1, 0.15) is 18.2 Å². The Balaban J connectivity index is 1.53. The molecule has 4 rings (SSSR count). The fraction of sp³-hybridized carbons (Fsp3) is 0.318. The van der Waals surface area contributed by atoms with Crippen molar-refractivity contribution in [3.05, 3.63) is 67.7 Å². The van der Waals surface area contributed by atoms with Gasteiger partial charge in [-0.2, -0.15) is 0 Å². The number of rotatable bonds is 4. The van der Waals surface area contributed by atoms with Gasteiger partial charge < -0.3 is 14.1 Å². The summed E-state index contributed by atoms with van der Waals surface area (Å²) >= 11 is 1.36. The van der Waals surface area contributed by atoms with Crippen molar-refractivity contribution in [2.24, 2.45) is 0 Å². The number of ether oxygens (including phenoxy) is 1. The Hall–Kier alpha value is -2.93. The van der Waals surface area contributed by atoms with Gasteiger partial charge in [0.15, 0.2) is 0 Å². The van der Waals surface area contributed by atoms with Crippen molar-refractivity contribution >= 4 is 34.2 Å². The van der Waals surface area contributed by atoms with Gasteiger partial charge in [0.2, 0.25) is 0 Å². The molecule has 1 saturated heterocycles. The average molecular weight is 411 g/mol. The van der Waals surface area contributed by atoms with E-state index in [4.69, 9.17) is 9.15 Å². The highest BCUT2D eigenvalue weighted by Crippen LogP contribution is 2.25. The molecule has 2 aromatic heterocycles. The van der Waals surface area contributed by atoms with Crippen LogP contribution in [-0.2, 0) is 16.1 Å². The van der Waals surface area contributed by atoms with Gasteiger partial charge in [0.25, 0.3) is 5.91 Å². The number of hydrogen-bond acceptors (Lipinski definition) is 6. The molecule has 1 fully saturated rings. The molecule has 0 saturated carbocycles. The molecule has 150 valence electrons. The van der Waals surface area contributed by atoms with Gasteiger partial charge in [0, 0.05) is 23.6 Å². The summed E-state index contributed by atoms with van der Waals surface area (Å²) in [5.74, 6) is -0.589. The van der Waals surface area contributed by atoms with Crippen LogP contribution >= 0.6 is 11.3 Å². The highest BCUT2D eigenvalue weighted by atomic mass is 32.1. The van der Waals surface area contributed by atoms with E-state index in [0.717, 1.165) is 22.9 Å². The normalized spacial score (nSPS) is 16.3. The number of carbonyl (C=O) groups excluding carboxylic acids is 2. The monoisotopic (exact) mass is 411 g/mol. The van der Waals surface area contributed by atoms with E-state index < -0.39 is 17.6 Å². The summed E-state index contributed by atoms with van der Waals surface area (Å²) in [6.45, 7) is 4.41. The molecule has 3 aromatic rings. The third-order valence-corrected chi connectivity index (χ3v) is 6.19. The van der Waals surface area contributed by atoms with Crippen LogP contribution in [0.3, 0.4) is 0 Å². The Morgan fingerprint density at radius 2 is 2.03 bits per heavy atom. The predicted molar refractivity (Wildman–Crippen MR) is 110 cm³/mol. The number of amides is 1. The lowest BCUT2D eigenvalue weighted by molar-refractivity contribution is -0.149. The second-order valence-electron chi connectivity index (χ2n) is 7.26. The Morgan fingerprint density at radius 3 is 2.79 bits per heavy atom. The smallest absolute Gasteiger partial charge is 0.336 e. The van der Waals surface area contributed by atoms with Crippen LogP contribution in [0.1, 0.15) is 39.2 Å². The number of esters is 1. The lowest BCUT2D eigenvalue weighted by Gasteiger charge is -2.22. The van der Waals surface area contributed by atoms with Crippen molar-refractivity contribution < 1.29 is 18.7 Å². The standard InChI is InChI=1S/C22H21NO5S/c1-13-9-16-15(11-20(24)28-18(16)10-14(13)2)12-27-22(26)17-5-3-7-23(17)21(25)19-6-4-8-29-19/h4,6,8-11,17H,3,5,7,12H2,1-2H3. The molecule has 1 amide bonds. The van der Waals surface area contributed by atoms with E-state index in [9.17, 15) is 14.4 Å². The van der Waals surface area contributed by atoms with Gasteiger partial charge in [-0.3, -0.25) is 4.79 Å². The Morgan fingerprint density at radius 1 is 1.24 bits per heavy atom. The number of fused-ring (bicyclic) bond motifs is 1. The maximum Gasteiger partial charge on any atom is 0.336 e. The zero-order chi connectivity index (χ0) is 20.5. The van der Waals surface area contributed by atoms with Gasteiger partial charge in [0.05, 0.1) is 4.88 Å². The van der Waals surface area contributed by atoms with Crippen LogP contribution in [0.25, 0.3) is 11.0 Å². The van der Waals surface area contributed by atoms with E-state index in [-0.39, 0.29) is 12.5 Å². The summed E-state index contributed by atoms with van der Waals surface area (Å²) in [5, 5.41) is 2.59. The summed E-state index contributed by atoms with van der Waals surface area (Å²) in [6, 6.07) is 8.08. The number of hydrogen-bond donors (Lipinski definition) is 0. The lowest BCUT2D eigenvalue weighted by Crippen LogP contribution is -2.41. The second-order valence-corrected chi connectivity index (χ2v) is 8.21. The number of likely N-dealkylation sites (tertiary alicyclic amines) is 1. The van der Waals surface area contributed by atoms with E-state index in [1.807, 2.05) is 37.4 Å². The minimum absolute atomic E-state index is 0.0407. The zero-order valence-corrected chi connectivity index (χ0v) is 17.1. The van der Waals surface area contributed by atoms with Gasteiger partial charge in [-0.15, -0.1) is 11.3 Å². The predicted octanol–water partition coefficient (Wildman–Crippen LogP) is 3.82. The molecule has 0 radical (unpaired) electrons. The summed E-state index contributed by atoms with van der Waals surface area (Å²) < 4.78 is 10.8. The second kappa shape index (κ2) is 7.83. The van der Waals surface area contributed by atoms with E-state index in [1.54, 1.807) is 11.0 Å². The summed E-state index contributed by atoms with van der Waals surface area (Å²) in [7, 11) is 0. The maximum atomic E-state index is 12.7. The molecule has 1 aliphatic rings. The first kappa shape index (κ1) is 19.4. The molecule has 7 heteroatoms. The molecule has 1 aromatic carbocycles. The molecular formula is C22H21NO5S. The van der Waals surface area contributed by atoms with Crippen LogP contribution < -0.4 is 5.63 Å². The molecular weight excluding hydrogens is 390 g/mol. The highest BCUT2D eigenvalue weighted by Gasteiger charge is 2.36. The average Bonchev–Trinajstić information content (AvgIpc) is 3.38. The Labute approximate surface area is 171 Å². The minimum Gasteiger partial charge on any atom is -0.459 e. The maximum absolute atomic E-state index is 12.7. The minimum atomic E-state index is -0.597. The molecule has 0 spiro atoms. The van der Waals surface area contributed by atoms with Crippen LogP contribution in [0.15, 0.2) is 44.9 Å². The van der Waals surface area contributed by atoms with Crippen LogP contribution in [0.5, 0.6) is 0 Å². The molecule has 6 nitrogen and oxygen atoms in total. The molecule has 0 aliphatic carbocycles. The van der Waals surface area contributed by atoms with E-state index in [2.05, 4.69) is 0 Å². The van der Waals surface area contributed by atoms with Crippen LogP contribution in [0.4, 0.5) is 0 Å². The molecule has 0 bridgehead atoms. The van der Waals surface area contributed by atoms with E-state index in [1.165, 1.54) is 17.4 Å². The van der Waals surface area contributed by atoms with Crippen molar-refractivity contribution in [3.8, 4) is 0 Å². The van der Waals surface area contributed by atoms with Crippen LogP contribution in [0, 0.1) is 13.8 Å². The summed E-state index contributed by atoms with van der Waals surface area (Å²) in [6.07, 6.45) is 1.33. The van der Waals surface area contributed by atoms with E-state index in [0.29, 0.717) is 29.0 Å². The molecule has 3 heterocycles. The van der Waals surface area contributed by atoms with Gasteiger partial charge >= 0.3 is 11.6 Å². The Bertz CT molecular complexity index is 1130. The number of carbonyl (C=O) groups is 2. The van der Waals surface area contributed by atoms with Crippen LogP contribution in [0.2, 0.25) is 0 Å². The lowest BCUT2D eigenvalue weighted by atomic mass is 10.0. The third kappa shape index (κ3) is 3.82. The van der Waals surface area contributed by atoms with Crippen molar-refractivity contribution in [2.45, 2.75) is 39.3 Å². The molecule has 1 aliphatic heterocycles. The van der Waals surface area contributed by atoms with Crippen LogP contribution in [-0.4, -0.2) is 29.4 Å². The third-order valence-electron chi connectivity index (χ3n) is 5.33. The van der Waals surface area contributed by atoms with Crippen molar-refractivity contribution in [1.82, 2.24) is 4.90 Å². The van der Waals surface area contributed by atoms with Crippen molar-refractivity contribution in [2.75, 3.05) is 6.54 Å². The quantitative estimate of drug-likeness (QED) is 0.482. The van der Waals surface area contributed by atoms with Gasteiger partial charge in [-0.05, 0) is 61.4 Å². The number of thiophene rings is 1. The SMILES string of the molecule is Cc1cc2oc(=O)cc(COC(=O)C3CCCN3C(=O)c3cccs3)c2cc1C. The van der Waals surface area contributed by atoms with Gasteiger partial charge in [-0.25, -0.2) is 9.59 Å². The fourth-order valence-corrected chi connectivity index (χ4v) is 4.32. The summed E-state index contributed by atoms with van der Waals surface area (Å²) in [5.41, 5.74) is 2.66. The largest absolute Gasteiger partial charge is 0.459 e. The highest BCUT2D eigenvalue weighted by molar-refractivity contribution is 7.12. The number of benzene rings is 1. The summed E-state index contributed by atoms with van der Waals surface area (Å²) in [4.78, 5) is 39.5. The first-order valence-electron chi connectivity index (χ1n) is 9.49.